The third-order valence-electron chi connectivity index (χ3n) is 5.02. The van der Waals surface area contributed by atoms with Crippen molar-refractivity contribution < 1.29 is 4.79 Å². The number of hydrogen-bond acceptors (Lipinski definition) is 4. The number of benzene rings is 2. The minimum atomic E-state index is 0.172. The summed E-state index contributed by atoms with van der Waals surface area (Å²) in [5, 5.41) is 4.54. The van der Waals surface area contributed by atoms with E-state index in [4.69, 9.17) is 28.2 Å². The van der Waals surface area contributed by atoms with Gasteiger partial charge < -0.3 is 4.90 Å². The first-order chi connectivity index (χ1) is 14.1. The van der Waals surface area contributed by atoms with Gasteiger partial charge in [-0.05, 0) is 29.8 Å². The molecule has 0 N–H and O–H groups in total. The standard InChI is InChI=1S/C22H21Cl2N3OS/c23-18-5-1-16(2-6-18)13-21(28)27-11-9-26(10-12-27)14-20-15-29-22(25-20)17-3-7-19(24)8-4-17/h1-8,15H,9-14H2. The van der Waals surface area contributed by atoms with Crippen LogP contribution in [0.2, 0.25) is 10.0 Å². The number of rotatable bonds is 5. The average Bonchev–Trinajstić information content (AvgIpc) is 3.19. The molecule has 0 spiro atoms. The third kappa shape index (κ3) is 5.37. The third-order valence-corrected chi connectivity index (χ3v) is 6.47. The highest BCUT2D eigenvalue weighted by atomic mass is 35.5. The minimum absolute atomic E-state index is 0.172. The van der Waals surface area contributed by atoms with E-state index in [0.717, 1.165) is 59.6 Å². The van der Waals surface area contributed by atoms with E-state index < -0.39 is 0 Å². The lowest BCUT2D eigenvalue weighted by molar-refractivity contribution is -0.132. The second-order valence-electron chi connectivity index (χ2n) is 7.11. The molecule has 7 heteroatoms. The van der Waals surface area contributed by atoms with Gasteiger partial charge in [-0.15, -0.1) is 11.3 Å². The molecule has 0 radical (unpaired) electrons. The van der Waals surface area contributed by atoms with Crippen molar-refractivity contribution in [2.45, 2.75) is 13.0 Å². The van der Waals surface area contributed by atoms with Crippen LogP contribution >= 0.6 is 34.5 Å². The largest absolute Gasteiger partial charge is 0.340 e. The topological polar surface area (TPSA) is 36.4 Å². The molecule has 2 aromatic carbocycles. The summed E-state index contributed by atoms with van der Waals surface area (Å²) in [6.45, 7) is 4.03. The molecule has 1 aromatic heterocycles. The molecule has 0 atom stereocenters. The number of carbonyl (C=O) groups excluding carboxylic acids is 1. The van der Waals surface area contributed by atoms with E-state index in [1.165, 1.54) is 0 Å². The molecule has 1 fully saturated rings. The number of hydrogen-bond donors (Lipinski definition) is 0. The van der Waals surface area contributed by atoms with E-state index in [1.54, 1.807) is 11.3 Å². The summed E-state index contributed by atoms with van der Waals surface area (Å²) in [5.41, 5.74) is 3.16. The zero-order valence-electron chi connectivity index (χ0n) is 15.9. The Morgan fingerprint density at radius 2 is 1.55 bits per heavy atom. The normalized spacial score (nSPS) is 14.9. The maximum atomic E-state index is 12.6. The number of aromatic nitrogens is 1. The molecule has 1 amide bonds. The summed E-state index contributed by atoms with van der Waals surface area (Å²) in [7, 11) is 0. The molecule has 3 aromatic rings. The van der Waals surface area contributed by atoms with Gasteiger partial charge in [-0.25, -0.2) is 4.98 Å². The van der Waals surface area contributed by atoms with Crippen LogP contribution < -0.4 is 0 Å². The van der Waals surface area contributed by atoms with Gasteiger partial charge >= 0.3 is 0 Å². The van der Waals surface area contributed by atoms with E-state index in [9.17, 15) is 4.79 Å². The zero-order valence-corrected chi connectivity index (χ0v) is 18.2. The number of nitrogens with zero attached hydrogens (tertiary/aromatic N) is 3. The van der Waals surface area contributed by atoms with Crippen LogP contribution in [0.3, 0.4) is 0 Å². The van der Waals surface area contributed by atoms with Crippen LogP contribution in [-0.4, -0.2) is 46.9 Å². The fourth-order valence-electron chi connectivity index (χ4n) is 3.38. The Bertz CT molecular complexity index is 964. The maximum Gasteiger partial charge on any atom is 0.227 e. The van der Waals surface area contributed by atoms with Gasteiger partial charge in [-0.3, -0.25) is 9.69 Å². The van der Waals surface area contributed by atoms with Gasteiger partial charge in [0.2, 0.25) is 5.91 Å². The SMILES string of the molecule is O=C(Cc1ccc(Cl)cc1)N1CCN(Cc2csc(-c3ccc(Cl)cc3)n2)CC1. The molecule has 0 aliphatic carbocycles. The van der Waals surface area contributed by atoms with Crippen LogP contribution in [0.15, 0.2) is 53.9 Å². The zero-order chi connectivity index (χ0) is 20.2. The van der Waals surface area contributed by atoms with Gasteiger partial charge in [-0.1, -0.05) is 47.5 Å². The Morgan fingerprint density at radius 1 is 0.931 bits per heavy atom. The molecule has 29 heavy (non-hydrogen) atoms. The van der Waals surface area contributed by atoms with Crippen molar-refractivity contribution in [1.29, 1.82) is 0 Å². The minimum Gasteiger partial charge on any atom is -0.340 e. The van der Waals surface area contributed by atoms with Crippen LogP contribution in [-0.2, 0) is 17.8 Å². The summed E-state index contributed by atoms with van der Waals surface area (Å²) in [4.78, 5) is 21.6. The quantitative estimate of drug-likeness (QED) is 0.553. The maximum absolute atomic E-state index is 12.6. The molecule has 0 bridgehead atoms. The van der Waals surface area contributed by atoms with Gasteiger partial charge in [0.1, 0.15) is 5.01 Å². The molecule has 1 saturated heterocycles. The molecule has 150 valence electrons. The van der Waals surface area contributed by atoms with E-state index in [0.29, 0.717) is 11.4 Å². The second-order valence-corrected chi connectivity index (χ2v) is 8.84. The summed E-state index contributed by atoms with van der Waals surface area (Å²) >= 11 is 13.5. The fourth-order valence-corrected chi connectivity index (χ4v) is 4.45. The number of halogens is 2. The smallest absolute Gasteiger partial charge is 0.227 e. The molecular formula is C22H21Cl2N3OS. The van der Waals surface area contributed by atoms with Gasteiger partial charge in [0.05, 0.1) is 12.1 Å². The highest BCUT2D eigenvalue weighted by molar-refractivity contribution is 7.13. The Hall–Kier alpha value is -1.92. The lowest BCUT2D eigenvalue weighted by Crippen LogP contribution is -2.48. The summed E-state index contributed by atoms with van der Waals surface area (Å²) < 4.78 is 0. The highest BCUT2D eigenvalue weighted by Crippen LogP contribution is 2.25. The van der Waals surface area contributed by atoms with Crippen molar-refractivity contribution in [3.8, 4) is 10.6 Å². The average molecular weight is 446 g/mol. The number of carbonyl (C=O) groups is 1. The van der Waals surface area contributed by atoms with Crippen LogP contribution in [0.25, 0.3) is 10.6 Å². The molecular weight excluding hydrogens is 425 g/mol. The van der Waals surface area contributed by atoms with Crippen LogP contribution in [0.4, 0.5) is 0 Å². The first-order valence-electron chi connectivity index (χ1n) is 9.52. The molecule has 1 aliphatic heterocycles. The second kappa shape index (κ2) is 9.26. The monoisotopic (exact) mass is 445 g/mol. The van der Waals surface area contributed by atoms with Crippen LogP contribution in [0.5, 0.6) is 0 Å². The van der Waals surface area contributed by atoms with Crippen molar-refractivity contribution in [3.63, 3.8) is 0 Å². The lowest BCUT2D eigenvalue weighted by Gasteiger charge is -2.34. The molecule has 4 nitrogen and oxygen atoms in total. The van der Waals surface area contributed by atoms with Crippen molar-refractivity contribution >= 4 is 40.4 Å². The van der Waals surface area contributed by atoms with Gasteiger partial charge in [-0.2, -0.15) is 0 Å². The number of piperazine rings is 1. The Labute approximate surface area is 184 Å². The predicted molar refractivity (Wildman–Crippen MR) is 120 cm³/mol. The van der Waals surface area contributed by atoms with Gasteiger partial charge in [0.25, 0.3) is 0 Å². The van der Waals surface area contributed by atoms with Crippen molar-refractivity contribution in [2.24, 2.45) is 0 Å². The Kier molecular flexibility index (Phi) is 6.50. The van der Waals surface area contributed by atoms with Gasteiger partial charge in [0.15, 0.2) is 0 Å². The molecule has 4 rings (SSSR count). The molecule has 0 saturated carbocycles. The lowest BCUT2D eigenvalue weighted by atomic mass is 10.1. The molecule has 1 aliphatic rings. The Morgan fingerprint density at radius 3 is 2.21 bits per heavy atom. The summed E-state index contributed by atoms with van der Waals surface area (Å²) in [6, 6.07) is 15.2. The van der Waals surface area contributed by atoms with E-state index in [1.807, 2.05) is 53.4 Å². The fraction of sp³-hybridized carbons (Fsp3) is 0.273. The van der Waals surface area contributed by atoms with Gasteiger partial charge in [0, 0.05) is 53.7 Å². The van der Waals surface area contributed by atoms with Crippen molar-refractivity contribution in [1.82, 2.24) is 14.8 Å². The highest BCUT2D eigenvalue weighted by Gasteiger charge is 2.21. The predicted octanol–water partition coefficient (Wildman–Crippen LogP) is 5.00. The number of amides is 1. The molecule has 0 unspecified atom stereocenters. The van der Waals surface area contributed by atoms with Crippen LogP contribution in [0, 0.1) is 0 Å². The van der Waals surface area contributed by atoms with Crippen molar-refractivity contribution in [2.75, 3.05) is 26.2 Å². The van der Waals surface area contributed by atoms with E-state index in [-0.39, 0.29) is 5.91 Å². The summed E-state index contributed by atoms with van der Waals surface area (Å²) in [6.07, 6.45) is 0.424. The van der Waals surface area contributed by atoms with Crippen LogP contribution in [0.1, 0.15) is 11.3 Å². The Balaban J connectivity index is 1.28. The van der Waals surface area contributed by atoms with Crippen molar-refractivity contribution in [3.05, 3.63) is 75.2 Å². The van der Waals surface area contributed by atoms with E-state index in [2.05, 4.69) is 10.3 Å². The first-order valence-corrected chi connectivity index (χ1v) is 11.2. The molecule has 2 heterocycles. The first kappa shape index (κ1) is 20.4. The van der Waals surface area contributed by atoms with E-state index >= 15 is 0 Å². The number of thiazole rings is 1. The summed E-state index contributed by atoms with van der Waals surface area (Å²) in [5.74, 6) is 0.172.